The molecule has 4 nitrogen and oxygen atoms in total. The molecule has 1 aromatic rings. The topological polar surface area (TPSA) is 33.1 Å². The van der Waals surface area contributed by atoms with Gasteiger partial charge in [-0.2, -0.15) is 5.10 Å². The summed E-state index contributed by atoms with van der Waals surface area (Å²) in [6, 6.07) is 0.528. The second-order valence-corrected chi connectivity index (χ2v) is 6.28. The molecule has 1 unspecified atom stereocenters. The summed E-state index contributed by atoms with van der Waals surface area (Å²) in [4.78, 5) is 2.60. The molecule has 0 aliphatic carbocycles. The van der Waals surface area contributed by atoms with E-state index in [0.29, 0.717) is 6.04 Å². The van der Waals surface area contributed by atoms with E-state index in [9.17, 15) is 0 Å². The van der Waals surface area contributed by atoms with E-state index in [0.717, 1.165) is 11.6 Å². The summed E-state index contributed by atoms with van der Waals surface area (Å²) < 4.78 is 1.97. The zero-order valence-electron chi connectivity index (χ0n) is 13.7. The SMILES string of the molecule is CCCN1CCC(C(C)Nc2c(C)nn(C)c2C)CC1. The van der Waals surface area contributed by atoms with Crippen LogP contribution in [0.1, 0.15) is 44.5 Å². The molecule has 1 aromatic heterocycles. The van der Waals surface area contributed by atoms with Crippen molar-refractivity contribution >= 4 is 5.69 Å². The molecular formula is C16H30N4. The van der Waals surface area contributed by atoms with Gasteiger partial charge in [-0.1, -0.05) is 6.92 Å². The first-order valence-electron chi connectivity index (χ1n) is 8.02. The van der Waals surface area contributed by atoms with Crippen LogP contribution >= 0.6 is 0 Å². The van der Waals surface area contributed by atoms with Gasteiger partial charge < -0.3 is 10.2 Å². The molecule has 0 bridgehead atoms. The highest BCUT2D eigenvalue weighted by molar-refractivity contribution is 5.52. The molecule has 0 aromatic carbocycles. The lowest BCUT2D eigenvalue weighted by Gasteiger charge is -2.35. The van der Waals surface area contributed by atoms with Crippen molar-refractivity contribution in [1.29, 1.82) is 0 Å². The molecule has 2 heterocycles. The maximum absolute atomic E-state index is 4.49. The lowest BCUT2D eigenvalue weighted by atomic mass is 9.90. The van der Waals surface area contributed by atoms with Crippen molar-refractivity contribution in [2.45, 2.75) is 53.0 Å². The molecule has 1 fully saturated rings. The van der Waals surface area contributed by atoms with Crippen molar-refractivity contribution in [3.05, 3.63) is 11.4 Å². The molecule has 1 aliphatic rings. The van der Waals surface area contributed by atoms with Crippen molar-refractivity contribution < 1.29 is 0 Å². The molecule has 20 heavy (non-hydrogen) atoms. The van der Waals surface area contributed by atoms with Gasteiger partial charge in [-0.25, -0.2) is 0 Å². The summed E-state index contributed by atoms with van der Waals surface area (Å²) in [6.07, 6.45) is 3.89. The van der Waals surface area contributed by atoms with Crippen LogP contribution in [0.3, 0.4) is 0 Å². The molecule has 1 atom stereocenters. The predicted molar refractivity (Wildman–Crippen MR) is 85.2 cm³/mol. The molecule has 1 N–H and O–H groups in total. The number of nitrogens with zero attached hydrogens (tertiary/aromatic N) is 3. The Labute approximate surface area is 123 Å². The van der Waals surface area contributed by atoms with Gasteiger partial charge in [0.15, 0.2) is 0 Å². The van der Waals surface area contributed by atoms with E-state index in [1.165, 1.54) is 50.3 Å². The van der Waals surface area contributed by atoms with Gasteiger partial charge in [0, 0.05) is 13.1 Å². The van der Waals surface area contributed by atoms with Crippen LogP contribution in [0, 0.1) is 19.8 Å². The monoisotopic (exact) mass is 278 g/mol. The van der Waals surface area contributed by atoms with E-state index in [1.807, 2.05) is 11.7 Å². The minimum absolute atomic E-state index is 0.528. The quantitative estimate of drug-likeness (QED) is 0.899. The third kappa shape index (κ3) is 3.35. The van der Waals surface area contributed by atoms with Gasteiger partial charge >= 0.3 is 0 Å². The minimum atomic E-state index is 0.528. The summed E-state index contributed by atoms with van der Waals surface area (Å²) in [5.74, 6) is 0.780. The number of nitrogens with one attached hydrogen (secondary N) is 1. The highest BCUT2D eigenvalue weighted by Crippen LogP contribution is 2.26. The third-order valence-electron chi connectivity index (χ3n) is 4.76. The summed E-state index contributed by atoms with van der Waals surface area (Å²) in [5.41, 5.74) is 3.58. The lowest BCUT2D eigenvalue weighted by molar-refractivity contribution is 0.176. The summed E-state index contributed by atoms with van der Waals surface area (Å²) >= 11 is 0. The van der Waals surface area contributed by atoms with Crippen molar-refractivity contribution in [1.82, 2.24) is 14.7 Å². The maximum Gasteiger partial charge on any atom is 0.0827 e. The van der Waals surface area contributed by atoms with Crippen LogP contribution in [0.5, 0.6) is 0 Å². The van der Waals surface area contributed by atoms with Crippen LogP contribution in [0.4, 0.5) is 5.69 Å². The van der Waals surface area contributed by atoms with Crippen LogP contribution in [0.15, 0.2) is 0 Å². The van der Waals surface area contributed by atoms with Gasteiger partial charge in [0.2, 0.25) is 0 Å². The van der Waals surface area contributed by atoms with Crippen molar-refractivity contribution in [3.8, 4) is 0 Å². The molecule has 1 saturated heterocycles. The fraction of sp³-hybridized carbons (Fsp3) is 0.812. The second kappa shape index (κ2) is 6.61. The van der Waals surface area contributed by atoms with E-state index in [2.05, 4.69) is 43.0 Å². The number of likely N-dealkylation sites (tertiary alicyclic amines) is 1. The number of aromatic nitrogens is 2. The van der Waals surface area contributed by atoms with Gasteiger partial charge in [0.1, 0.15) is 0 Å². The Morgan fingerprint density at radius 2 is 1.95 bits per heavy atom. The zero-order valence-corrected chi connectivity index (χ0v) is 13.7. The molecule has 114 valence electrons. The summed E-state index contributed by atoms with van der Waals surface area (Å²) in [7, 11) is 2.02. The van der Waals surface area contributed by atoms with Crippen molar-refractivity contribution in [2.24, 2.45) is 13.0 Å². The number of hydrogen-bond acceptors (Lipinski definition) is 3. The van der Waals surface area contributed by atoms with Crippen LogP contribution in [0.2, 0.25) is 0 Å². The van der Waals surface area contributed by atoms with E-state index in [4.69, 9.17) is 0 Å². The molecule has 4 heteroatoms. The van der Waals surface area contributed by atoms with E-state index < -0.39 is 0 Å². The first kappa shape index (κ1) is 15.4. The normalized spacial score (nSPS) is 19.2. The molecule has 0 radical (unpaired) electrons. The van der Waals surface area contributed by atoms with E-state index in [1.54, 1.807) is 0 Å². The smallest absolute Gasteiger partial charge is 0.0827 e. The van der Waals surface area contributed by atoms with Gasteiger partial charge in [-0.05, 0) is 65.6 Å². The molecule has 0 saturated carbocycles. The molecule has 1 aliphatic heterocycles. The first-order chi connectivity index (χ1) is 9.52. The van der Waals surface area contributed by atoms with Gasteiger partial charge in [-0.3, -0.25) is 4.68 Å². The Balaban J connectivity index is 1.91. The highest BCUT2D eigenvalue weighted by atomic mass is 15.3. The maximum atomic E-state index is 4.49. The van der Waals surface area contributed by atoms with Crippen LogP contribution in [0.25, 0.3) is 0 Å². The van der Waals surface area contributed by atoms with Gasteiger partial charge in [0.25, 0.3) is 0 Å². The minimum Gasteiger partial charge on any atom is -0.379 e. The molecule has 2 rings (SSSR count). The van der Waals surface area contributed by atoms with E-state index in [-0.39, 0.29) is 0 Å². The van der Waals surface area contributed by atoms with Gasteiger partial charge in [0.05, 0.1) is 17.1 Å². The van der Waals surface area contributed by atoms with Crippen molar-refractivity contribution in [3.63, 3.8) is 0 Å². The Morgan fingerprint density at radius 3 is 2.45 bits per heavy atom. The van der Waals surface area contributed by atoms with E-state index >= 15 is 0 Å². The van der Waals surface area contributed by atoms with Gasteiger partial charge in [-0.15, -0.1) is 0 Å². The highest BCUT2D eigenvalue weighted by Gasteiger charge is 2.24. The number of aryl methyl sites for hydroxylation is 2. The number of piperidine rings is 1. The Bertz CT molecular complexity index is 430. The molecule has 0 amide bonds. The number of hydrogen-bond donors (Lipinski definition) is 1. The largest absolute Gasteiger partial charge is 0.379 e. The Hall–Kier alpha value is -1.03. The first-order valence-corrected chi connectivity index (χ1v) is 8.02. The summed E-state index contributed by atoms with van der Waals surface area (Å²) in [6.45, 7) is 12.6. The molecule has 0 spiro atoms. The summed E-state index contributed by atoms with van der Waals surface area (Å²) in [5, 5.41) is 8.21. The predicted octanol–water partition coefficient (Wildman–Crippen LogP) is 2.96. The second-order valence-electron chi connectivity index (χ2n) is 6.28. The van der Waals surface area contributed by atoms with Crippen LogP contribution in [-0.4, -0.2) is 40.4 Å². The average Bonchev–Trinajstić information content (AvgIpc) is 2.66. The van der Waals surface area contributed by atoms with Crippen LogP contribution < -0.4 is 5.32 Å². The standard InChI is InChI=1S/C16H30N4/c1-6-9-20-10-7-15(8-11-20)12(2)17-16-13(3)18-19(5)14(16)4/h12,15,17H,6-11H2,1-5H3. The number of rotatable bonds is 5. The number of anilines is 1. The zero-order chi connectivity index (χ0) is 14.7. The Morgan fingerprint density at radius 1 is 1.30 bits per heavy atom. The molecular weight excluding hydrogens is 248 g/mol. The van der Waals surface area contributed by atoms with Crippen LogP contribution in [-0.2, 0) is 7.05 Å². The Kier molecular flexibility index (Phi) is 5.08. The lowest BCUT2D eigenvalue weighted by Crippen LogP contribution is -2.39. The average molecular weight is 278 g/mol. The fourth-order valence-corrected chi connectivity index (χ4v) is 3.32. The fourth-order valence-electron chi connectivity index (χ4n) is 3.32. The van der Waals surface area contributed by atoms with Crippen molar-refractivity contribution in [2.75, 3.05) is 25.0 Å². The third-order valence-corrected chi connectivity index (χ3v) is 4.76.